The van der Waals surface area contributed by atoms with Crippen LogP contribution >= 0.6 is 0 Å². The summed E-state index contributed by atoms with van der Waals surface area (Å²) in [7, 11) is 0. The van der Waals surface area contributed by atoms with Crippen molar-refractivity contribution in [1.29, 1.82) is 0 Å². The van der Waals surface area contributed by atoms with Crippen molar-refractivity contribution in [3.05, 3.63) is 54.6 Å². The summed E-state index contributed by atoms with van der Waals surface area (Å²) < 4.78 is 47.5. The highest BCUT2D eigenvalue weighted by Gasteiger charge is 2.33. The number of carbonyl (C=O) groups excluding carboxylic acids is 1. The van der Waals surface area contributed by atoms with E-state index >= 15 is 0 Å². The zero-order chi connectivity index (χ0) is 19.6. The molecule has 0 radical (unpaired) electrons. The molecule has 144 valence electrons. The number of halogens is 3. The molecule has 11 heteroatoms. The Morgan fingerprint density at radius 1 is 1.33 bits per heavy atom. The van der Waals surface area contributed by atoms with E-state index in [1.54, 1.807) is 29.1 Å². The van der Waals surface area contributed by atoms with Crippen molar-refractivity contribution >= 4 is 11.7 Å². The Kier molecular flexibility index (Phi) is 5.06. The van der Waals surface area contributed by atoms with Gasteiger partial charge in [-0.05, 0) is 24.3 Å². The molecule has 0 fully saturated rings. The molecule has 0 spiro atoms. The molecule has 3 unspecified atom stereocenters. The first-order valence-corrected chi connectivity index (χ1v) is 7.77. The molecule has 0 amide bonds. The molecule has 2 heterocycles. The lowest BCUT2D eigenvalue weighted by molar-refractivity contribution is -0.274. The number of hydrogen-bond donors (Lipinski definition) is 3. The maximum absolute atomic E-state index is 12.3. The van der Waals surface area contributed by atoms with Crippen molar-refractivity contribution in [3.8, 4) is 5.75 Å². The highest BCUT2D eigenvalue weighted by molar-refractivity contribution is 5.97. The predicted molar refractivity (Wildman–Crippen MR) is 88.5 cm³/mol. The first kappa shape index (κ1) is 18.7. The average Bonchev–Trinajstić information content (AvgIpc) is 3.13. The van der Waals surface area contributed by atoms with Gasteiger partial charge in [0.05, 0.1) is 23.6 Å². The molecule has 0 saturated heterocycles. The van der Waals surface area contributed by atoms with Crippen LogP contribution in [0.5, 0.6) is 5.75 Å². The van der Waals surface area contributed by atoms with Gasteiger partial charge in [0.15, 0.2) is 6.23 Å². The lowest BCUT2D eigenvalue weighted by Crippen LogP contribution is -2.45. The summed E-state index contributed by atoms with van der Waals surface area (Å²) in [5.74, 6) is -1.34. The Labute approximate surface area is 151 Å². The minimum Gasteiger partial charge on any atom is -0.436 e. The van der Waals surface area contributed by atoms with E-state index in [2.05, 4.69) is 15.0 Å². The zero-order valence-electron chi connectivity index (χ0n) is 13.8. The molecule has 1 aliphatic heterocycles. The number of nitrogens with two attached hydrogens (primary N) is 2. The Hall–Kier alpha value is -3.05. The van der Waals surface area contributed by atoms with Crippen LogP contribution in [-0.4, -0.2) is 34.2 Å². The van der Waals surface area contributed by atoms with E-state index < -0.39 is 36.5 Å². The van der Waals surface area contributed by atoms with Gasteiger partial charge in [0.1, 0.15) is 11.9 Å². The summed E-state index contributed by atoms with van der Waals surface area (Å²) in [5, 5.41) is 2.86. The molecule has 0 saturated carbocycles. The van der Waals surface area contributed by atoms with E-state index in [0.717, 1.165) is 12.1 Å². The number of esters is 1. The van der Waals surface area contributed by atoms with Crippen LogP contribution in [0.1, 0.15) is 16.5 Å². The van der Waals surface area contributed by atoms with E-state index in [4.69, 9.17) is 16.2 Å². The Morgan fingerprint density at radius 2 is 2.11 bits per heavy atom. The van der Waals surface area contributed by atoms with E-state index in [1.165, 1.54) is 12.4 Å². The number of imidazole rings is 1. The average molecular weight is 383 g/mol. The molecule has 5 N–H and O–H groups in total. The zero-order valence-corrected chi connectivity index (χ0v) is 13.8. The number of anilines is 1. The van der Waals surface area contributed by atoms with Crippen molar-refractivity contribution in [1.82, 2.24) is 9.55 Å². The van der Waals surface area contributed by atoms with Gasteiger partial charge in [-0.15, -0.1) is 13.2 Å². The van der Waals surface area contributed by atoms with Crippen molar-refractivity contribution in [2.75, 3.05) is 5.32 Å². The number of carbonyl (C=O) groups is 1. The van der Waals surface area contributed by atoms with Gasteiger partial charge in [0, 0.05) is 12.4 Å². The minimum absolute atomic E-state index is 0.0840. The second-order valence-corrected chi connectivity index (χ2v) is 5.69. The van der Waals surface area contributed by atoms with Gasteiger partial charge in [-0.2, -0.15) is 0 Å². The Bertz CT molecular complexity index is 838. The van der Waals surface area contributed by atoms with E-state index in [9.17, 15) is 18.0 Å². The Balaban J connectivity index is 1.69. The smallest absolute Gasteiger partial charge is 0.436 e. The van der Waals surface area contributed by atoms with Gasteiger partial charge in [0.2, 0.25) is 0 Å². The molecule has 27 heavy (non-hydrogen) atoms. The number of rotatable bonds is 5. The van der Waals surface area contributed by atoms with E-state index in [0.29, 0.717) is 0 Å². The number of aromatic nitrogens is 2. The number of alkyl halides is 3. The van der Waals surface area contributed by atoms with Crippen LogP contribution in [-0.2, 0) is 4.74 Å². The third-order valence-electron chi connectivity index (χ3n) is 3.73. The monoisotopic (exact) mass is 383 g/mol. The number of cyclic esters (lactones) is 1. The first-order chi connectivity index (χ1) is 12.7. The summed E-state index contributed by atoms with van der Waals surface area (Å²) in [6, 6.07) is 2.58. The summed E-state index contributed by atoms with van der Waals surface area (Å²) in [4.78, 5) is 16.0. The highest BCUT2D eigenvalue weighted by atomic mass is 19.4. The third-order valence-corrected chi connectivity index (χ3v) is 3.73. The second kappa shape index (κ2) is 7.29. The summed E-state index contributed by atoms with van der Waals surface area (Å²) in [6.07, 6.45) is 1.68. The predicted octanol–water partition coefficient (Wildman–Crippen LogP) is 1.73. The van der Waals surface area contributed by atoms with Crippen molar-refractivity contribution in [2.24, 2.45) is 11.5 Å². The molecule has 3 rings (SSSR count). The van der Waals surface area contributed by atoms with Crippen LogP contribution in [0, 0.1) is 0 Å². The normalized spacial score (nSPS) is 19.1. The largest absolute Gasteiger partial charge is 0.573 e. The lowest BCUT2D eigenvalue weighted by Gasteiger charge is -2.29. The van der Waals surface area contributed by atoms with Gasteiger partial charge in [-0.25, -0.2) is 9.78 Å². The van der Waals surface area contributed by atoms with Crippen LogP contribution in [0.15, 0.2) is 49.1 Å². The first-order valence-electron chi connectivity index (χ1n) is 7.77. The number of hydrogen-bond acceptors (Lipinski definition) is 7. The molecule has 1 aromatic carbocycles. The lowest BCUT2D eigenvalue weighted by atomic mass is 10.1. The van der Waals surface area contributed by atoms with Crippen molar-refractivity contribution in [2.45, 2.75) is 24.8 Å². The van der Waals surface area contributed by atoms with Crippen LogP contribution in [0.4, 0.5) is 18.9 Å². The number of nitrogens with one attached hydrogen (secondary N) is 1. The maximum Gasteiger partial charge on any atom is 0.573 e. The number of ether oxygens (including phenoxy) is 2. The van der Waals surface area contributed by atoms with Crippen molar-refractivity contribution in [3.63, 3.8) is 0 Å². The third kappa shape index (κ3) is 4.57. The molecular weight excluding hydrogens is 367 g/mol. The van der Waals surface area contributed by atoms with Gasteiger partial charge >= 0.3 is 12.3 Å². The summed E-state index contributed by atoms with van der Waals surface area (Å²) in [6.45, 7) is 0. The van der Waals surface area contributed by atoms with E-state index in [1.807, 2.05) is 0 Å². The SMILES string of the molecule is NC(/C=C\C(N)n1ccnc1)C1Nc2ccc(OC(F)(F)F)cc2C(=O)O1. The molecular formula is C16H16F3N5O3. The van der Waals surface area contributed by atoms with Crippen LogP contribution in [0.2, 0.25) is 0 Å². The fraction of sp³-hybridized carbons (Fsp3) is 0.250. The topological polar surface area (TPSA) is 117 Å². The van der Waals surface area contributed by atoms with Gasteiger partial charge in [-0.3, -0.25) is 0 Å². The summed E-state index contributed by atoms with van der Waals surface area (Å²) >= 11 is 0. The molecule has 1 aromatic heterocycles. The van der Waals surface area contributed by atoms with Gasteiger partial charge in [0.25, 0.3) is 0 Å². The molecule has 1 aliphatic rings. The Morgan fingerprint density at radius 3 is 2.78 bits per heavy atom. The highest BCUT2D eigenvalue weighted by Crippen LogP contribution is 2.31. The fourth-order valence-electron chi connectivity index (χ4n) is 2.44. The second-order valence-electron chi connectivity index (χ2n) is 5.69. The van der Waals surface area contributed by atoms with Crippen LogP contribution in [0.3, 0.4) is 0 Å². The number of fused-ring (bicyclic) bond motifs is 1. The maximum atomic E-state index is 12.3. The van der Waals surface area contributed by atoms with E-state index in [-0.39, 0.29) is 11.3 Å². The molecule has 3 atom stereocenters. The molecule has 8 nitrogen and oxygen atoms in total. The number of nitrogens with zero attached hydrogens (tertiary/aromatic N) is 2. The fourth-order valence-corrected chi connectivity index (χ4v) is 2.44. The molecule has 0 bridgehead atoms. The molecule has 2 aromatic rings. The molecule has 0 aliphatic carbocycles. The number of benzene rings is 1. The van der Waals surface area contributed by atoms with Gasteiger partial charge in [-0.1, -0.05) is 6.08 Å². The van der Waals surface area contributed by atoms with Crippen LogP contribution < -0.4 is 21.5 Å². The van der Waals surface area contributed by atoms with Gasteiger partial charge < -0.3 is 30.8 Å². The van der Waals surface area contributed by atoms with Crippen molar-refractivity contribution < 1.29 is 27.4 Å². The minimum atomic E-state index is -4.86. The quantitative estimate of drug-likeness (QED) is 0.532. The summed E-state index contributed by atoms with van der Waals surface area (Å²) in [5.41, 5.74) is 12.1. The standard InChI is InChI=1S/C16H16F3N5O3/c17-16(18,19)27-9-1-3-12-10(7-9)15(25)26-14(23-12)11(20)2-4-13(21)24-6-5-22-8-24/h1-8,11,13-14,23H,20-21H2/b4-2-. The van der Waals surface area contributed by atoms with Crippen LogP contribution in [0.25, 0.3) is 0 Å².